The molecule has 0 aliphatic carbocycles. The third kappa shape index (κ3) is 46.1. The van der Waals surface area contributed by atoms with Gasteiger partial charge < -0.3 is 19.8 Å². The first-order valence-electron chi connectivity index (χ1n) is 11.1. The van der Waals surface area contributed by atoms with Crippen LogP contribution in [-0.4, -0.2) is 33.1 Å². The van der Waals surface area contributed by atoms with E-state index >= 15 is 0 Å². The zero-order valence-electron chi connectivity index (χ0n) is 18.4. The third-order valence-corrected chi connectivity index (χ3v) is 8.69. The summed E-state index contributed by atoms with van der Waals surface area (Å²) in [6.07, 6.45) is 14.1. The molecule has 0 aliphatic rings. The van der Waals surface area contributed by atoms with Gasteiger partial charge in [0.15, 0.2) is 0 Å². The Kier molecular flexibility index (Phi) is 35.5. The zero-order chi connectivity index (χ0) is 21.2. The first-order valence-corrected chi connectivity index (χ1v) is 15.1. The standard InChI is InChI=1S/2C8H16O2.2C3H7.Sn/c2*1-2-3-4-5-6-7-8(9)10;2*1-3-2;/h2*2-7H2,1H3,(H,9,10);2*1,3H2,2H3;/q;;;;+2/p-2. The molecule has 160 valence electrons. The van der Waals surface area contributed by atoms with E-state index in [9.17, 15) is 19.8 Å². The predicted molar refractivity (Wildman–Crippen MR) is 113 cm³/mol. The van der Waals surface area contributed by atoms with Crippen molar-refractivity contribution in [1.29, 1.82) is 0 Å². The van der Waals surface area contributed by atoms with Crippen LogP contribution < -0.4 is 10.2 Å². The molecule has 0 saturated heterocycles. The Morgan fingerprint density at radius 3 is 1.15 bits per heavy atom. The summed E-state index contributed by atoms with van der Waals surface area (Å²) in [6, 6.07) is 0. The number of carbonyl (C=O) groups excluding carboxylic acids is 2. The Morgan fingerprint density at radius 1 is 0.556 bits per heavy atom. The molecule has 0 saturated carbocycles. The van der Waals surface area contributed by atoms with Gasteiger partial charge in [0.05, 0.1) is 0 Å². The number of rotatable bonds is 16. The second kappa shape index (κ2) is 30.5. The van der Waals surface area contributed by atoms with E-state index in [1.165, 1.54) is 38.5 Å². The van der Waals surface area contributed by atoms with E-state index in [4.69, 9.17) is 0 Å². The van der Waals surface area contributed by atoms with Crippen LogP contribution in [0.5, 0.6) is 0 Å². The van der Waals surface area contributed by atoms with Crippen LogP contribution >= 0.6 is 0 Å². The van der Waals surface area contributed by atoms with Crippen molar-refractivity contribution in [2.45, 2.75) is 126 Å². The Balaban J connectivity index is -0.000000326. The van der Waals surface area contributed by atoms with Gasteiger partial charge in [0, 0.05) is 11.9 Å². The molecule has 0 radical (unpaired) electrons. The molecule has 0 fully saturated rings. The molecule has 0 aromatic rings. The van der Waals surface area contributed by atoms with Gasteiger partial charge in [-0.25, -0.2) is 0 Å². The van der Waals surface area contributed by atoms with Crippen LogP contribution in [0.25, 0.3) is 0 Å². The summed E-state index contributed by atoms with van der Waals surface area (Å²) in [5.41, 5.74) is 0. The van der Waals surface area contributed by atoms with Crippen molar-refractivity contribution in [2.75, 3.05) is 0 Å². The molecule has 0 aliphatic heterocycles. The summed E-state index contributed by atoms with van der Waals surface area (Å²) >= 11 is 0.181. The number of carbonyl (C=O) groups is 2. The summed E-state index contributed by atoms with van der Waals surface area (Å²) < 4.78 is 3.19. The number of aliphatic carboxylic acids is 2. The molecule has 0 atom stereocenters. The number of hydrogen-bond acceptors (Lipinski definition) is 4. The van der Waals surface area contributed by atoms with Gasteiger partial charge in [-0.15, -0.1) is 0 Å². The molecule has 0 aromatic carbocycles. The van der Waals surface area contributed by atoms with Gasteiger partial charge in [-0.3, -0.25) is 0 Å². The van der Waals surface area contributed by atoms with E-state index in [-0.39, 0.29) is 34.0 Å². The van der Waals surface area contributed by atoms with E-state index in [1.807, 2.05) is 0 Å². The molecule has 0 bridgehead atoms. The first-order chi connectivity index (χ1) is 13.0. The number of unbranched alkanes of at least 4 members (excludes halogenated alkanes) is 8. The van der Waals surface area contributed by atoms with Gasteiger partial charge in [0.2, 0.25) is 0 Å². The molecule has 4 nitrogen and oxygen atoms in total. The molecule has 0 amide bonds. The first kappa shape index (κ1) is 31.4. The Labute approximate surface area is 179 Å². The molecule has 27 heavy (non-hydrogen) atoms. The van der Waals surface area contributed by atoms with E-state index in [0.717, 1.165) is 38.5 Å². The molecule has 0 heterocycles. The summed E-state index contributed by atoms with van der Waals surface area (Å²) in [4.78, 5) is 19.8. The van der Waals surface area contributed by atoms with E-state index in [2.05, 4.69) is 27.7 Å². The molecule has 5 heteroatoms. The predicted octanol–water partition coefficient (Wildman–Crippen LogP) is 4.54. The van der Waals surface area contributed by atoms with Crippen molar-refractivity contribution >= 4 is 33.1 Å². The molecule has 0 rings (SSSR count). The number of carboxylic acid groups (broad SMARTS) is 2. The molecule has 0 aromatic heterocycles. The Hall–Kier alpha value is -0.261. The van der Waals surface area contributed by atoms with E-state index in [1.54, 1.807) is 8.87 Å². The fourth-order valence-corrected chi connectivity index (χ4v) is 4.96. The Morgan fingerprint density at radius 2 is 0.889 bits per heavy atom. The van der Waals surface area contributed by atoms with Crippen LogP contribution in [0, 0.1) is 0 Å². The summed E-state index contributed by atoms with van der Waals surface area (Å²) in [6.45, 7) is 8.85. The minimum atomic E-state index is -0.920. The molecule has 0 N–H and O–H groups in total. The van der Waals surface area contributed by atoms with Crippen molar-refractivity contribution in [2.24, 2.45) is 0 Å². The Bertz CT molecular complexity index is 268. The van der Waals surface area contributed by atoms with Crippen molar-refractivity contribution in [3.63, 3.8) is 0 Å². The van der Waals surface area contributed by atoms with Gasteiger partial charge >= 0.3 is 56.7 Å². The van der Waals surface area contributed by atoms with Gasteiger partial charge in [-0.2, -0.15) is 0 Å². The molecular formula is C22H44O4Sn. The summed E-state index contributed by atoms with van der Waals surface area (Å²) in [5, 5.41) is 19.8. The van der Waals surface area contributed by atoms with Crippen LogP contribution in [0.1, 0.15) is 118 Å². The molecule has 0 spiro atoms. The maximum absolute atomic E-state index is 9.92. The molecule has 0 unspecified atom stereocenters. The zero-order valence-corrected chi connectivity index (χ0v) is 21.3. The average Bonchev–Trinajstić information content (AvgIpc) is 2.62. The van der Waals surface area contributed by atoms with Crippen LogP contribution in [-0.2, 0) is 9.59 Å². The van der Waals surface area contributed by atoms with Crippen LogP contribution in [0.15, 0.2) is 0 Å². The van der Waals surface area contributed by atoms with Crippen LogP contribution in [0.3, 0.4) is 0 Å². The van der Waals surface area contributed by atoms with Crippen LogP contribution in [0.2, 0.25) is 8.87 Å². The third-order valence-electron chi connectivity index (χ3n) is 3.82. The van der Waals surface area contributed by atoms with Crippen LogP contribution in [0.4, 0.5) is 0 Å². The fraction of sp³-hybridized carbons (Fsp3) is 0.909. The van der Waals surface area contributed by atoms with Crippen molar-refractivity contribution in [3.05, 3.63) is 0 Å². The fourth-order valence-electron chi connectivity index (χ4n) is 2.22. The molecular weight excluding hydrogens is 447 g/mol. The monoisotopic (exact) mass is 492 g/mol. The minimum absolute atomic E-state index is 0.181. The normalized spacial score (nSPS) is 9.33. The van der Waals surface area contributed by atoms with Gasteiger partial charge in [-0.05, 0) is 25.7 Å². The van der Waals surface area contributed by atoms with Gasteiger partial charge in [-0.1, -0.05) is 65.2 Å². The number of carboxylic acids is 2. The number of hydrogen-bond donors (Lipinski definition) is 0. The summed E-state index contributed by atoms with van der Waals surface area (Å²) in [7, 11) is 0. The second-order valence-electron chi connectivity index (χ2n) is 6.82. The van der Waals surface area contributed by atoms with Crippen molar-refractivity contribution in [3.8, 4) is 0 Å². The van der Waals surface area contributed by atoms with Crippen molar-refractivity contribution < 1.29 is 19.8 Å². The van der Waals surface area contributed by atoms with E-state index < -0.39 is 11.9 Å². The van der Waals surface area contributed by atoms with E-state index in [0.29, 0.717) is 0 Å². The van der Waals surface area contributed by atoms with Gasteiger partial charge in [0.25, 0.3) is 0 Å². The SMILES string of the molecule is CCCCCCCC(=O)[O-].CCCCCCCC(=O)[O-].CC[CH2][Sn+2][CH2]CC. The topological polar surface area (TPSA) is 80.3 Å². The quantitative estimate of drug-likeness (QED) is 0.235. The second-order valence-corrected chi connectivity index (χ2v) is 11.1. The van der Waals surface area contributed by atoms with Gasteiger partial charge in [0.1, 0.15) is 0 Å². The average molecular weight is 491 g/mol. The van der Waals surface area contributed by atoms with Crippen molar-refractivity contribution in [1.82, 2.24) is 0 Å². The maximum atomic E-state index is 9.92. The summed E-state index contributed by atoms with van der Waals surface area (Å²) in [5.74, 6) is -1.84.